The molecular formula is C9H18ClNO3S. The zero-order chi connectivity index (χ0) is 11.3. The molecule has 0 bridgehead atoms. The van der Waals surface area contributed by atoms with Crippen LogP contribution in [0.15, 0.2) is 0 Å². The van der Waals surface area contributed by atoms with Crippen LogP contribution in [0, 0.1) is 0 Å². The lowest BCUT2D eigenvalue weighted by molar-refractivity contribution is 0.130. The average molecular weight is 256 g/mol. The number of alkyl halides is 1. The van der Waals surface area contributed by atoms with Gasteiger partial charge in [0.05, 0.1) is 11.9 Å². The van der Waals surface area contributed by atoms with Crippen LogP contribution in [0.3, 0.4) is 0 Å². The minimum Gasteiger partial charge on any atom is -0.391 e. The molecule has 1 saturated carbocycles. The third kappa shape index (κ3) is 4.68. The van der Waals surface area contributed by atoms with Crippen LogP contribution in [0.5, 0.6) is 0 Å². The normalized spacial score (nSPS) is 28.7. The molecule has 0 aromatic carbocycles. The van der Waals surface area contributed by atoms with Crippen molar-refractivity contribution in [3.8, 4) is 0 Å². The number of aliphatic hydroxyl groups excluding tert-OH is 1. The highest BCUT2D eigenvalue weighted by Crippen LogP contribution is 2.18. The van der Waals surface area contributed by atoms with Crippen LogP contribution >= 0.6 is 11.6 Å². The summed E-state index contributed by atoms with van der Waals surface area (Å²) in [6.07, 6.45) is 3.82. The Morgan fingerprint density at radius 3 is 2.60 bits per heavy atom. The summed E-state index contributed by atoms with van der Waals surface area (Å²) in [6, 6.07) is -0.333. The molecule has 4 nitrogen and oxygen atoms in total. The summed E-state index contributed by atoms with van der Waals surface area (Å²) in [7, 11) is -3.32. The van der Waals surface area contributed by atoms with Crippen molar-refractivity contribution in [2.24, 2.45) is 0 Å². The largest absolute Gasteiger partial charge is 0.391 e. The molecule has 90 valence electrons. The zero-order valence-electron chi connectivity index (χ0n) is 8.65. The van der Waals surface area contributed by atoms with E-state index in [9.17, 15) is 13.5 Å². The molecule has 1 rings (SSSR count). The molecule has 0 radical (unpaired) electrons. The Hall–Kier alpha value is 0.160. The Labute approximate surface area is 96.1 Å². The van der Waals surface area contributed by atoms with Crippen LogP contribution in [0.25, 0.3) is 0 Å². The smallest absolute Gasteiger partial charge is 0.213 e. The molecule has 2 N–H and O–H groups in total. The van der Waals surface area contributed by atoms with E-state index in [0.29, 0.717) is 12.8 Å². The third-order valence-corrected chi connectivity index (χ3v) is 4.47. The van der Waals surface area contributed by atoms with E-state index in [1.165, 1.54) is 0 Å². The minimum atomic E-state index is -3.32. The van der Waals surface area contributed by atoms with Crippen molar-refractivity contribution in [1.82, 2.24) is 4.72 Å². The fourth-order valence-electron chi connectivity index (χ4n) is 1.82. The van der Waals surface area contributed by atoms with E-state index in [2.05, 4.69) is 4.72 Å². The van der Waals surface area contributed by atoms with Crippen molar-refractivity contribution in [2.45, 2.75) is 44.2 Å². The Morgan fingerprint density at radius 1 is 1.27 bits per heavy atom. The highest BCUT2D eigenvalue weighted by molar-refractivity contribution is 7.89. The second-order valence-electron chi connectivity index (χ2n) is 3.94. The Balaban J connectivity index is 2.54. The van der Waals surface area contributed by atoms with E-state index in [1.54, 1.807) is 0 Å². The van der Waals surface area contributed by atoms with Crippen LogP contribution in [0.2, 0.25) is 0 Å². The van der Waals surface area contributed by atoms with Crippen molar-refractivity contribution in [3.63, 3.8) is 0 Å². The van der Waals surface area contributed by atoms with Gasteiger partial charge in [0.2, 0.25) is 10.0 Å². The quantitative estimate of drug-likeness (QED) is 0.578. The topological polar surface area (TPSA) is 66.4 Å². The molecule has 0 saturated heterocycles. The van der Waals surface area contributed by atoms with Crippen LogP contribution in [-0.4, -0.2) is 37.3 Å². The number of hydrogen-bond acceptors (Lipinski definition) is 3. The van der Waals surface area contributed by atoms with Crippen molar-refractivity contribution in [1.29, 1.82) is 0 Å². The molecule has 2 unspecified atom stereocenters. The monoisotopic (exact) mass is 255 g/mol. The van der Waals surface area contributed by atoms with Gasteiger partial charge >= 0.3 is 0 Å². The van der Waals surface area contributed by atoms with Gasteiger partial charge in [0.15, 0.2) is 0 Å². The summed E-state index contributed by atoms with van der Waals surface area (Å²) in [6.45, 7) is 0. The molecule has 15 heavy (non-hydrogen) atoms. The first kappa shape index (κ1) is 13.2. The number of rotatable bonds is 4. The molecule has 0 amide bonds. The van der Waals surface area contributed by atoms with Crippen molar-refractivity contribution >= 4 is 21.6 Å². The van der Waals surface area contributed by atoms with Gasteiger partial charge in [-0.2, -0.15) is 0 Å². The third-order valence-electron chi connectivity index (χ3n) is 2.66. The fourth-order valence-corrected chi connectivity index (χ4v) is 3.48. The van der Waals surface area contributed by atoms with Gasteiger partial charge in [0, 0.05) is 11.9 Å². The van der Waals surface area contributed by atoms with E-state index in [4.69, 9.17) is 11.6 Å². The molecular weight excluding hydrogens is 238 g/mol. The van der Waals surface area contributed by atoms with Gasteiger partial charge in [-0.3, -0.25) is 0 Å². The lowest BCUT2D eigenvalue weighted by Crippen LogP contribution is -2.43. The number of nitrogens with one attached hydrogen (secondary N) is 1. The van der Waals surface area contributed by atoms with E-state index in [-0.39, 0.29) is 17.7 Å². The highest BCUT2D eigenvalue weighted by Gasteiger charge is 2.25. The Morgan fingerprint density at radius 2 is 1.93 bits per heavy atom. The summed E-state index contributed by atoms with van der Waals surface area (Å²) in [5, 5.41) is 9.72. The van der Waals surface area contributed by atoms with Crippen molar-refractivity contribution in [3.05, 3.63) is 0 Å². The maximum Gasteiger partial charge on any atom is 0.213 e. The maximum atomic E-state index is 11.4. The molecule has 1 fully saturated rings. The van der Waals surface area contributed by atoms with Gasteiger partial charge in [0.1, 0.15) is 0 Å². The van der Waals surface area contributed by atoms with Crippen LogP contribution in [-0.2, 0) is 10.0 Å². The summed E-state index contributed by atoms with van der Waals surface area (Å²) in [5.74, 6) is -0.00404. The first-order valence-electron chi connectivity index (χ1n) is 5.29. The first-order valence-corrected chi connectivity index (χ1v) is 7.48. The number of hydrogen-bond donors (Lipinski definition) is 2. The summed E-state index contributed by atoms with van der Waals surface area (Å²) in [4.78, 5) is 0. The van der Waals surface area contributed by atoms with Gasteiger partial charge in [-0.05, 0) is 12.8 Å². The Bertz CT molecular complexity index is 281. The average Bonchev–Trinajstić information content (AvgIpc) is 2.31. The van der Waals surface area contributed by atoms with E-state index in [0.717, 1.165) is 19.3 Å². The van der Waals surface area contributed by atoms with Gasteiger partial charge in [-0.15, -0.1) is 11.6 Å². The van der Waals surface area contributed by atoms with E-state index >= 15 is 0 Å². The molecule has 0 heterocycles. The fraction of sp³-hybridized carbons (Fsp3) is 1.00. The first-order chi connectivity index (χ1) is 7.05. The lowest BCUT2D eigenvalue weighted by Gasteiger charge is -2.21. The van der Waals surface area contributed by atoms with Crippen molar-refractivity contribution in [2.75, 3.05) is 11.6 Å². The predicted molar refractivity (Wildman–Crippen MR) is 60.5 cm³/mol. The lowest BCUT2D eigenvalue weighted by atomic mass is 10.1. The number of aliphatic hydroxyl groups is 1. The van der Waals surface area contributed by atoms with Crippen LogP contribution < -0.4 is 4.72 Å². The van der Waals surface area contributed by atoms with Gasteiger partial charge in [-0.1, -0.05) is 19.3 Å². The molecule has 0 aromatic rings. The van der Waals surface area contributed by atoms with Gasteiger partial charge in [-0.25, -0.2) is 13.1 Å². The van der Waals surface area contributed by atoms with E-state index in [1.807, 2.05) is 0 Å². The predicted octanol–water partition coefficient (Wildman–Crippen LogP) is 0.838. The van der Waals surface area contributed by atoms with Gasteiger partial charge in [0.25, 0.3) is 0 Å². The molecule has 0 spiro atoms. The highest BCUT2D eigenvalue weighted by atomic mass is 35.5. The van der Waals surface area contributed by atoms with Crippen LogP contribution in [0.1, 0.15) is 32.1 Å². The molecule has 1 aliphatic rings. The van der Waals surface area contributed by atoms with Crippen LogP contribution in [0.4, 0.5) is 0 Å². The summed E-state index contributed by atoms with van der Waals surface area (Å²) in [5.41, 5.74) is 0. The maximum absolute atomic E-state index is 11.4. The van der Waals surface area contributed by atoms with E-state index < -0.39 is 16.1 Å². The van der Waals surface area contributed by atoms with Crippen molar-refractivity contribution < 1.29 is 13.5 Å². The molecule has 1 aliphatic carbocycles. The molecule has 2 atom stereocenters. The number of halogens is 1. The summed E-state index contributed by atoms with van der Waals surface area (Å²) < 4.78 is 25.4. The second kappa shape index (κ2) is 6.03. The Kier molecular flexibility index (Phi) is 5.32. The molecule has 0 aromatic heterocycles. The second-order valence-corrected chi connectivity index (χ2v) is 6.19. The molecule has 6 heteroatoms. The zero-order valence-corrected chi connectivity index (χ0v) is 10.2. The summed E-state index contributed by atoms with van der Waals surface area (Å²) >= 11 is 5.39. The minimum absolute atomic E-state index is 0.0815. The molecule has 0 aliphatic heterocycles. The number of sulfonamides is 1. The SMILES string of the molecule is O=S(=O)(CCCl)NC1CCCCCC1O. The van der Waals surface area contributed by atoms with Gasteiger partial charge < -0.3 is 5.11 Å². The standard InChI is InChI=1S/C9H18ClNO3S/c10-6-7-15(13,14)11-8-4-2-1-3-5-9(8)12/h8-9,11-12H,1-7H2.